The minimum Gasteiger partial charge on any atom is -0.314 e. The third-order valence-corrected chi connectivity index (χ3v) is 6.09. The van der Waals surface area contributed by atoms with Crippen LogP contribution in [-0.2, 0) is 14.6 Å². The standard InChI is InChI=1S/C16H14ClNO3S/c1-10-3-6-12(7-4-10)22(20,21)15-13-9-11(17)5-8-14(13)18(2)16(15)19/h3-9,15H,1-2H3. The fourth-order valence-electron chi connectivity index (χ4n) is 2.63. The van der Waals surface area contributed by atoms with E-state index < -0.39 is 21.0 Å². The van der Waals surface area contributed by atoms with Gasteiger partial charge in [0.25, 0.3) is 0 Å². The Hall–Kier alpha value is -1.85. The summed E-state index contributed by atoms with van der Waals surface area (Å²) in [5.74, 6) is -0.460. The van der Waals surface area contributed by atoms with E-state index in [1.807, 2.05) is 6.92 Å². The summed E-state index contributed by atoms with van der Waals surface area (Å²) in [6.07, 6.45) is 0. The summed E-state index contributed by atoms with van der Waals surface area (Å²) < 4.78 is 25.8. The Kier molecular flexibility index (Phi) is 3.50. The predicted molar refractivity (Wildman–Crippen MR) is 86.0 cm³/mol. The number of carbonyl (C=O) groups excluding carboxylic acids is 1. The Morgan fingerprint density at radius 1 is 1.09 bits per heavy atom. The highest BCUT2D eigenvalue weighted by atomic mass is 35.5. The molecule has 1 amide bonds. The molecule has 0 aliphatic carbocycles. The van der Waals surface area contributed by atoms with Gasteiger partial charge < -0.3 is 4.90 Å². The van der Waals surface area contributed by atoms with Crippen molar-refractivity contribution in [2.75, 3.05) is 11.9 Å². The zero-order chi connectivity index (χ0) is 16.1. The molecular weight excluding hydrogens is 322 g/mol. The fraction of sp³-hybridized carbons (Fsp3) is 0.188. The molecule has 2 aromatic carbocycles. The molecule has 114 valence electrons. The molecule has 2 aromatic rings. The molecule has 1 aliphatic heterocycles. The molecule has 0 radical (unpaired) electrons. The van der Waals surface area contributed by atoms with Crippen LogP contribution >= 0.6 is 11.6 Å². The van der Waals surface area contributed by atoms with Crippen LogP contribution in [0.15, 0.2) is 47.4 Å². The minimum absolute atomic E-state index is 0.137. The average Bonchev–Trinajstić information content (AvgIpc) is 2.71. The zero-order valence-electron chi connectivity index (χ0n) is 12.1. The maximum atomic E-state index is 12.9. The van der Waals surface area contributed by atoms with Crippen molar-refractivity contribution in [1.82, 2.24) is 0 Å². The number of rotatable bonds is 2. The molecule has 0 fully saturated rings. The molecule has 0 bridgehead atoms. The van der Waals surface area contributed by atoms with Crippen LogP contribution in [0.4, 0.5) is 5.69 Å². The normalized spacial score (nSPS) is 17.7. The second-order valence-corrected chi connectivity index (χ2v) is 7.81. The van der Waals surface area contributed by atoms with E-state index >= 15 is 0 Å². The van der Waals surface area contributed by atoms with Crippen molar-refractivity contribution in [2.24, 2.45) is 0 Å². The largest absolute Gasteiger partial charge is 0.314 e. The number of hydrogen-bond donors (Lipinski definition) is 0. The van der Waals surface area contributed by atoms with E-state index in [9.17, 15) is 13.2 Å². The molecule has 0 spiro atoms. The Morgan fingerprint density at radius 2 is 1.73 bits per heavy atom. The van der Waals surface area contributed by atoms with E-state index in [0.29, 0.717) is 16.3 Å². The van der Waals surface area contributed by atoms with E-state index in [4.69, 9.17) is 11.6 Å². The second kappa shape index (κ2) is 5.11. The highest BCUT2D eigenvalue weighted by molar-refractivity contribution is 7.92. The van der Waals surface area contributed by atoms with Gasteiger partial charge in [-0.25, -0.2) is 8.42 Å². The Morgan fingerprint density at radius 3 is 2.36 bits per heavy atom. The van der Waals surface area contributed by atoms with Crippen LogP contribution in [0.5, 0.6) is 0 Å². The van der Waals surface area contributed by atoms with E-state index in [-0.39, 0.29) is 4.90 Å². The molecule has 4 nitrogen and oxygen atoms in total. The number of halogens is 1. The molecule has 1 heterocycles. The maximum absolute atomic E-state index is 12.9. The van der Waals surface area contributed by atoms with Gasteiger partial charge in [-0.3, -0.25) is 4.79 Å². The zero-order valence-corrected chi connectivity index (χ0v) is 13.6. The number of carbonyl (C=O) groups is 1. The summed E-state index contributed by atoms with van der Waals surface area (Å²) in [4.78, 5) is 14.0. The first kappa shape index (κ1) is 15.1. The fourth-order valence-corrected chi connectivity index (χ4v) is 4.55. The summed E-state index contributed by atoms with van der Waals surface area (Å²) in [6.45, 7) is 1.87. The van der Waals surface area contributed by atoms with Crippen molar-refractivity contribution in [1.29, 1.82) is 0 Å². The van der Waals surface area contributed by atoms with Crippen LogP contribution in [0.2, 0.25) is 5.02 Å². The average molecular weight is 336 g/mol. The van der Waals surface area contributed by atoms with Gasteiger partial charge >= 0.3 is 0 Å². The van der Waals surface area contributed by atoms with Crippen LogP contribution in [-0.4, -0.2) is 21.4 Å². The number of nitrogens with zero attached hydrogens (tertiary/aromatic N) is 1. The van der Waals surface area contributed by atoms with Gasteiger partial charge in [-0.1, -0.05) is 29.3 Å². The van der Waals surface area contributed by atoms with Crippen molar-refractivity contribution in [2.45, 2.75) is 17.1 Å². The van der Waals surface area contributed by atoms with Gasteiger partial charge in [-0.2, -0.15) is 0 Å². The van der Waals surface area contributed by atoms with Gasteiger partial charge in [0.15, 0.2) is 15.1 Å². The van der Waals surface area contributed by atoms with E-state index in [1.165, 1.54) is 17.0 Å². The first-order chi connectivity index (χ1) is 10.3. The van der Waals surface area contributed by atoms with E-state index in [0.717, 1.165) is 5.56 Å². The number of fused-ring (bicyclic) bond motifs is 1. The van der Waals surface area contributed by atoms with Gasteiger partial charge in [0.1, 0.15) is 0 Å². The summed E-state index contributed by atoms with van der Waals surface area (Å²) in [5, 5.41) is -0.833. The van der Waals surface area contributed by atoms with E-state index in [2.05, 4.69) is 0 Å². The number of amides is 1. The summed E-state index contributed by atoms with van der Waals surface area (Å²) in [5.41, 5.74) is 1.97. The number of aryl methyl sites for hydroxylation is 1. The molecule has 1 aliphatic rings. The lowest BCUT2D eigenvalue weighted by Gasteiger charge is -2.12. The van der Waals surface area contributed by atoms with Crippen LogP contribution < -0.4 is 4.90 Å². The van der Waals surface area contributed by atoms with Crippen molar-refractivity contribution < 1.29 is 13.2 Å². The molecule has 1 unspecified atom stereocenters. The number of hydrogen-bond acceptors (Lipinski definition) is 3. The van der Waals surface area contributed by atoms with Gasteiger partial charge in [-0.15, -0.1) is 0 Å². The van der Waals surface area contributed by atoms with Gasteiger partial charge in [-0.05, 0) is 37.3 Å². The molecule has 0 saturated heterocycles. The molecular formula is C16H14ClNO3S. The molecule has 1 atom stereocenters. The van der Waals surface area contributed by atoms with Crippen molar-refractivity contribution in [3.8, 4) is 0 Å². The third-order valence-electron chi connectivity index (χ3n) is 3.85. The highest BCUT2D eigenvalue weighted by Crippen LogP contribution is 2.43. The lowest BCUT2D eigenvalue weighted by atomic mass is 10.1. The molecule has 22 heavy (non-hydrogen) atoms. The van der Waals surface area contributed by atoms with Crippen LogP contribution in [0, 0.1) is 6.92 Å². The number of likely N-dealkylation sites (N-methyl/N-ethyl adjacent to an activating group) is 1. The molecule has 6 heteroatoms. The molecule has 0 aromatic heterocycles. The minimum atomic E-state index is -3.82. The van der Waals surface area contributed by atoms with Crippen LogP contribution in [0.3, 0.4) is 0 Å². The SMILES string of the molecule is Cc1ccc(S(=O)(=O)C2C(=O)N(C)c3ccc(Cl)cc32)cc1. The summed E-state index contributed by atoms with van der Waals surface area (Å²) in [7, 11) is -2.25. The Balaban J connectivity index is 2.18. The second-order valence-electron chi connectivity index (χ2n) is 5.34. The summed E-state index contributed by atoms with van der Waals surface area (Å²) >= 11 is 5.98. The molecule has 0 N–H and O–H groups in total. The number of sulfone groups is 1. The van der Waals surface area contributed by atoms with Crippen molar-refractivity contribution in [3.05, 3.63) is 58.6 Å². The smallest absolute Gasteiger partial charge is 0.250 e. The van der Waals surface area contributed by atoms with Gasteiger partial charge in [0, 0.05) is 23.3 Å². The Labute approximate surface area is 134 Å². The monoisotopic (exact) mass is 335 g/mol. The Bertz CT molecular complexity index is 859. The topological polar surface area (TPSA) is 54.5 Å². The quantitative estimate of drug-likeness (QED) is 0.847. The lowest BCUT2D eigenvalue weighted by Crippen LogP contribution is -2.28. The maximum Gasteiger partial charge on any atom is 0.250 e. The van der Waals surface area contributed by atoms with Crippen LogP contribution in [0.1, 0.15) is 16.4 Å². The number of benzene rings is 2. The van der Waals surface area contributed by atoms with Gasteiger partial charge in [0.2, 0.25) is 5.91 Å². The van der Waals surface area contributed by atoms with Crippen molar-refractivity contribution >= 4 is 33.0 Å². The lowest BCUT2D eigenvalue weighted by molar-refractivity contribution is -0.117. The third kappa shape index (κ3) is 2.21. The molecule has 3 rings (SSSR count). The first-order valence-corrected chi connectivity index (χ1v) is 8.62. The van der Waals surface area contributed by atoms with Crippen molar-refractivity contribution in [3.63, 3.8) is 0 Å². The first-order valence-electron chi connectivity index (χ1n) is 6.70. The van der Waals surface area contributed by atoms with Gasteiger partial charge in [0.05, 0.1) is 4.90 Å². The summed E-state index contributed by atoms with van der Waals surface area (Å²) in [6, 6.07) is 11.4. The van der Waals surface area contributed by atoms with E-state index in [1.54, 1.807) is 37.4 Å². The van der Waals surface area contributed by atoms with Crippen LogP contribution in [0.25, 0.3) is 0 Å². The molecule has 0 saturated carbocycles. The highest BCUT2D eigenvalue weighted by Gasteiger charge is 2.44. The number of anilines is 1. The predicted octanol–water partition coefficient (Wildman–Crippen LogP) is 3.14.